The van der Waals surface area contributed by atoms with Crippen LogP contribution in [0.25, 0.3) is 0 Å². The third-order valence-corrected chi connectivity index (χ3v) is 2.64. The molecule has 0 spiro atoms. The predicted octanol–water partition coefficient (Wildman–Crippen LogP) is 1.84. The van der Waals surface area contributed by atoms with Crippen molar-refractivity contribution >= 4 is 17.5 Å². The average molecular weight is 206 g/mol. The highest BCUT2D eigenvalue weighted by atomic mass is 16.6. The minimum atomic E-state index is -0.276. The molecule has 1 saturated heterocycles. The highest BCUT2D eigenvalue weighted by molar-refractivity contribution is 5.90. The lowest BCUT2D eigenvalue weighted by molar-refractivity contribution is 0.181. The molecule has 0 unspecified atom stereocenters. The first-order valence-corrected chi connectivity index (χ1v) is 4.90. The van der Waals surface area contributed by atoms with Gasteiger partial charge in [-0.2, -0.15) is 0 Å². The van der Waals surface area contributed by atoms with Crippen LogP contribution >= 0.6 is 0 Å². The second-order valence-electron chi connectivity index (χ2n) is 3.76. The summed E-state index contributed by atoms with van der Waals surface area (Å²) in [6, 6.07) is 3.81. The Morgan fingerprint density at radius 2 is 2.07 bits per heavy atom. The number of nitrogens with two attached hydrogens (primary N) is 1. The van der Waals surface area contributed by atoms with Crippen molar-refractivity contribution in [1.29, 1.82) is 0 Å². The third-order valence-electron chi connectivity index (χ3n) is 2.64. The molecule has 1 heterocycles. The van der Waals surface area contributed by atoms with Gasteiger partial charge in [0.05, 0.1) is 12.2 Å². The lowest BCUT2D eigenvalue weighted by Gasteiger charge is -2.17. The lowest BCUT2D eigenvalue weighted by atomic mass is 10.1. The summed E-state index contributed by atoms with van der Waals surface area (Å²) in [4.78, 5) is 13.0. The van der Waals surface area contributed by atoms with Gasteiger partial charge in [-0.15, -0.1) is 0 Å². The summed E-state index contributed by atoms with van der Waals surface area (Å²) >= 11 is 0. The van der Waals surface area contributed by atoms with Crippen LogP contribution in [0, 0.1) is 13.8 Å². The fraction of sp³-hybridized carbons (Fsp3) is 0.364. The van der Waals surface area contributed by atoms with Gasteiger partial charge < -0.3 is 10.5 Å². The van der Waals surface area contributed by atoms with E-state index in [2.05, 4.69) is 0 Å². The van der Waals surface area contributed by atoms with Crippen LogP contribution in [0.2, 0.25) is 0 Å². The Hall–Kier alpha value is -1.71. The molecule has 0 atom stereocenters. The van der Waals surface area contributed by atoms with Crippen LogP contribution in [0.15, 0.2) is 12.1 Å². The fourth-order valence-corrected chi connectivity index (χ4v) is 1.73. The summed E-state index contributed by atoms with van der Waals surface area (Å²) in [7, 11) is 0. The number of carbonyl (C=O) groups is 1. The molecule has 1 amide bonds. The zero-order valence-electron chi connectivity index (χ0n) is 8.91. The van der Waals surface area contributed by atoms with Crippen molar-refractivity contribution < 1.29 is 9.53 Å². The van der Waals surface area contributed by atoms with Crippen LogP contribution in [0.4, 0.5) is 16.2 Å². The number of nitrogens with zero attached hydrogens (tertiary/aromatic N) is 1. The zero-order chi connectivity index (χ0) is 11.0. The van der Waals surface area contributed by atoms with Crippen molar-refractivity contribution in [2.45, 2.75) is 13.8 Å². The Morgan fingerprint density at radius 3 is 2.67 bits per heavy atom. The molecule has 15 heavy (non-hydrogen) atoms. The number of ether oxygens (including phenoxy) is 1. The number of cyclic esters (lactones) is 1. The molecule has 0 bridgehead atoms. The number of hydrogen-bond acceptors (Lipinski definition) is 3. The number of amides is 1. The number of nitrogen functional groups attached to an aromatic ring is 1. The van der Waals surface area contributed by atoms with Gasteiger partial charge in [0.2, 0.25) is 0 Å². The summed E-state index contributed by atoms with van der Waals surface area (Å²) in [6.07, 6.45) is -0.276. The molecule has 1 aromatic carbocycles. The van der Waals surface area contributed by atoms with Gasteiger partial charge in [0.15, 0.2) is 0 Å². The molecule has 4 heteroatoms. The van der Waals surface area contributed by atoms with Crippen molar-refractivity contribution in [2.24, 2.45) is 0 Å². The molecule has 2 N–H and O–H groups in total. The Labute approximate surface area is 88.6 Å². The van der Waals surface area contributed by atoms with Gasteiger partial charge in [-0.1, -0.05) is 0 Å². The maximum atomic E-state index is 11.4. The molecule has 0 aliphatic carbocycles. The van der Waals surface area contributed by atoms with Gasteiger partial charge in [0.25, 0.3) is 0 Å². The summed E-state index contributed by atoms with van der Waals surface area (Å²) in [6.45, 7) is 4.95. The molecule has 0 aromatic heterocycles. The first-order chi connectivity index (χ1) is 7.09. The number of rotatable bonds is 1. The first kappa shape index (κ1) is 9.83. The minimum absolute atomic E-state index is 0.276. The quantitative estimate of drug-likeness (QED) is 0.713. The molecule has 0 radical (unpaired) electrons. The Bertz CT molecular complexity index is 415. The maximum absolute atomic E-state index is 11.4. The van der Waals surface area contributed by atoms with Crippen LogP contribution < -0.4 is 10.6 Å². The summed E-state index contributed by atoms with van der Waals surface area (Å²) in [5, 5.41) is 0. The van der Waals surface area contributed by atoms with Crippen molar-refractivity contribution in [2.75, 3.05) is 23.8 Å². The van der Waals surface area contributed by atoms with E-state index in [-0.39, 0.29) is 6.09 Å². The van der Waals surface area contributed by atoms with Crippen LogP contribution in [0.1, 0.15) is 11.1 Å². The molecular formula is C11H14N2O2. The van der Waals surface area contributed by atoms with Crippen LogP contribution in [-0.4, -0.2) is 19.2 Å². The molecular weight excluding hydrogens is 192 g/mol. The largest absolute Gasteiger partial charge is 0.447 e. The fourth-order valence-electron chi connectivity index (χ4n) is 1.73. The van der Waals surface area contributed by atoms with E-state index in [1.807, 2.05) is 26.0 Å². The van der Waals surface area contributed by atoms with Gasteiger partial charge in [-0.25, -0.2) is 4.79 Å². The molecule has 1 aromatic rings. The van der Waals surface area contributed by atoms with Gasteiger partial charge in [0, 0.05) is 5.69 Å². The standard InChI is InChI=1S/C11H14N2O2/c1-7-6-10(8(2)5-9(7)12)13-3-4-15-11(13)14/h5-6H,3-4,12H2,1-2H3. The highest BCUT2D eigenvalue weighted by Gasteiger charge is 2.25. The molecule has 1 fully saturated rings. The van der Waals surface area contributed by atoms with Gasteiger partial charge in [-0.3, -0.25) is 4.90 Å². The van der Waals surface area contributed by atoms with Gasteiger partial charge in [-0.05, 0) is 37.1 Å². The molecule has 0 saturated carbocycles. The number of carbonyl (C=O) groups excluding carboxylic acids is 1. The normalized spacial score (nSPS) is 15.6. The molecule has 80 valence electrons. The summed E-state index contributed by atoms with van der Waals surface area (Å²) in [5.41, 5.74) is 9.41. The SMILES string of the molecule is Cc1cc(N2CCOC2=O)c(C)cc1N. The third kappa shape index (κ3) is 1.63. The predicted molar refractivity (Wildman–Crippen MR) is 59.0 cm³/mol. The van der Waals surface area contributed by atoms with Crippen molar-refractivity contribution in [3.8, 4) is 0 Å². The summed E-state index contributed by atoms with van der Waals surface area (Å²) < 4.78 is 4.90. The molecule has 1 aliphatic rings. The van der Waals surface area contributed by atoms with Crippen molar-refractivity contribution in [3.63, 3.8) is 0 Å². The second-order valence-corrected chi connectivity index (χ2v) is 3.76. The van der Waals surface area contributed by atoms with Gasteiger partial charge >= 0.3 is 6.09 Å². The van der Waals surface area contributed by atoms with E-state index in [9.17, 15) is 4.79 Å². The Balaban J connectivity index is 2.43. The number of aryl methyl sites for hydroxylation is 2. The Morgan fingerprint density at radius 1 is 1.33 bits per heavy atom. The zero-order valence-corrected chi connectivity index (χ0v) is 8.91. The van der Waals surface area contributed by atoms with E-state index in [1.165, 1.54) is 0 Å². The molecule has 1 aliphatic heterocycles. The second kappa shape index (κ2) is 3.46. The van der Waals surface area contributed by atoms with Crippen molar-refractivity contribution in [3.05, 3.63) is 23.3 Å². The van der Waals surface area contributed by atoms with E-state index in [0.29, 0.717) is 13.2 Å². The van der Waals surface area contributed by atoms with E-state index in [0.717, 1.165) is 22.5 Å². The van der Waals surface area contributed by atoms with Gasteiger partial charge in [0.1, 0.15) is 6.61 Å². The number of anilines is 2. The highest BCUT2D eigenvalue weighted by Crippen LogP contribution is 2.27. The topological polar surface area (TPSA) is 55.6 Å². The van der Waals surface area contributed by atoms with E-state index in [1.54, 1.807) is 4.90 Å². The smallest absolute Gasteiger partial charge is 0.414 e. The first-order valence-electron chi connectivity index (χ1n) is 4.90. The Kier molecular flexibility index (Phi) is 2.26. The monoisotopic (exact) mass is 206 g/mol. The number of hydrogen-bond donors (Lipinski definition) is 1. The van der Waals surface area contributed by atoms with Crippen LogP contribution in [-0.2, 0) is 4.74 Å². The summed E-state index contributed by atoms with van der Waals surface area (Å²) in [5.74, 6) is 0. The molecule has 4 nitrogen and oxygen atoms in total. The maximum Gasteiger partial charge on any atom is 0.414 e. The number of benzene rings is 1. The minimum Gasteiger partial charge on any atom is -0.447 e. The van der Waals surface area contributed by atoms with E-state index < -0.39 is 0 Å². The van der Waals surface area contributed by atoms with E-state index in [4.69, 9.17) is 10.5 Å². The van der Waals surface area contributed by atoms with Crippen molar-refractivity contribution in [1.82, 2.24) is 0 Å². The van der Waals surface area contributed by atoms with E-state index >= 15 is 0 Å². The van der Waals surface area contributed by atoms with Crippen LogP contribution in [0.3, 0.4) is 0 Å². The molecule has 2 rings (SSSR count). The average Bonchev–Trinajstić information content (AvgIpc) is 2.58. The lowest BCUT2D eigenvalue weighted by Crippen LogP contribution is -2.24. The van der Waals surface area contributed by atoms with Crippen LogP contribution in [0.5, 0.6) is 0 Å².